The van der Waals surface area contributed by atoms with Crippen LogP contribution in [0.3, 0.4) is 0 Å². The van der Waals surface area contributed by atoms with E-state index in [4.69, 9.17) is 4.74 Å². The van der Waals surface area contributed by atoms with Crippen molar-refractivity contribution in [3.63, 3.8) is 0 Å². The van der Waals surface area contributed by atoms with Gasteiger partial charge in [0.15, 0.2) is 5.78 Å². The lowest BCUT2D eigenvalue weighted by Crippen LogP contribution is -2.26. The SMILES string of the molecule is COC1(c2ccccc2)CCc2c(Br)cccc21.O=C1CCc2c(Br)cccc21. The average Bonchev–Trinajstić information content (AvgIpc) is 3.33. The van der Waals surface area contributed by atoms with Gasteiger partial charge in [-0.1, -0.05) is 86.5 Å². The van der Waals surface area contributed by atoms with Crippen molar-refractivity contribution in [2.45, 2.75) is 31.3 Å². The van der Waals surface area contributed by atoms with Gasteiger partial charge in [0.2, 0.25) is 0 Å². The summed E-state index contributed by atoms with van der Waals surface area (Å²) in [6.45, 7) is 0. The summed E-state index contributed by atoms with van der Waals surface area (Å²) in [5, 5.41) is 0. The Hall–Kier alpha value is -1.75. The number of ether oxygens (including phenoxy) is 1. The van der Waals surface area contributed by atoms with Gasteiger partial charge in [-0.25, -0.2) is 0 Å². The molecule has 2 aliphatic carbocycles. The van der Waals surface area contributed by atoms with E-state index in [9.17, 15) is 4.79 Å². The van der Waals surface area contributed by atoms with Gasteiger partial charge < -0.3 is 4.74 Å². The van der Waals surface area contributed by atoms with E-state index in [0.717, 1.165) is 29.3 Å². The van der Waals surface area contributed by atoms with Gasteiger partial charge in [-0.3, -0.25) is 4.79 Å². The monoisotopic (exact) mass is 512 g/mol. The molecule has 29 heavy (non-hydrogen) atoms. The fourth-order valence-corrected chi connectivity index (χ4v) is 5.54. The molecule has 3 aromatic rings. The van der Waals surface area contributed by atoms with E-state index in [2.05, 4.69) is 74.3 Å². The predicted molar refractivity (Wildman–Crippen MR) is 123 cm³/mol. The van der Waals surface area contributed by atoms with Crippen molar-refractivity contribution in [1.29, 1.82) is 0 Å². The van der Waals surface area contributed by atoms with Crippen LogP contribution in [0.5, 0.6) is 0 Å². The minimum absolute atomic E-state index is 0.277. The average molecular weight is 514 g/mol. The molecule has 0 radical (unpaired) electrons. The molecule has 1 atom stereocenters. The Kier molecular flexibility index (Phi) is 6.05. The first kappa shape index (κ1) is 20.5. The van der Waals surface area contributed by atoms with Crippen molar-refractivity contribution in [3.05, 3.63) is 103 Å². The Labute approximate surface area is 188 Å². The van der Waals surface area contributed by atoms with Crippen LogP contribution < -0.4 is 0 Å². The van der Waals surface area contributed by atoms with E-state index in [1.807, 2.05) is 31.4 Å². The zero-order valence-electron chi connectivity index (χ0n) is 16.3. The molecule has 0 bridgehead atoms. The third-order valence-electron chi connectivity index (χ3n) is 5.89. The van der Waals surface area contributed by atoms with E-state index < -0.39 is 0 Å². The van der Waals surface area contributed by atoms with Crippen LogP contribution in [-0.2, 0) is 23.2 Å². The van der Waals surface area contributed by atoms with Crippen LogP contribution in [0.25, 0.3) is 0 Å². The molecule has 0 saturated heterocycles. The molecule has 4 heteroatoms. The molecule has 0 spiro atoms. The fourth-order valence-electron chi connectivity index (χ4n) is 4.41. The van der Waals surface area contributed by atoms with Gasteiger partial charge in [0.25, 0.3) is 0 Å². The lowest BCUT2D eigenvalue weighted by atomic mass is 9.87. The quantitative estimate of drug-likeness (QED) is 0.374. The molecule has 5 rings (SSSR count). The first-order chi connectivity index (χ1) is 14.1. The number of carbonyl (C=O) groups excluding carboxylic acids is 1. The molecule has 0 amide bonds. The molecule has 0 aromatic heterocycles. The third kappa shape index (κ3) is 3.74. The highest BCUT2D eigenvalue weighted by molar-refractivity contribution is 9.10. The Bertz CT molecular complexity index is 1050. The summed E-state index contributed by atoms with van der Waals surface area (Å²) >= 11 is 7.07. The minimum Gasteiger partial charge on any atom is -0.369 e. The number of benzene rings is 3. The summed E-state index contributed by atoms with van der Waals surface area (Å²) in [5.41, 5.74) is 5.72. The number of Topliss-reactive ketones (excluding diaryl/α,β-unsaturated/α-hetero) is 1. The van der Waals surface area contributed by atoms with Crippen molar-refractivity contribution in [2.75, 3.05) is 7.11 Å². The van der Waals surface area contributed by atoms with Gasteiger partial charge in [-0.2, -0.15) is 0 Å². The molecule has 0 heterocycles. The number of carbonyl (C=O) groups is 1. The predicted octanol–water partition coefficient (Wildman–Crippen LogP) is 6.86. The second-order valence-electron chi connectivity index (χ2n) is 7.35. The Morgan fingerprint density at radius 3 is 2.17 bits per heavy atom. The molecule has 1 unspecified atom stereocenters. The minimum atomic E-state index is -0.277. The Morgan fingerprint density at radius 1 is 0.793 bits per heavy atom. The molecule has 0 N–H and O–H groups in total. The third-order valence-corrected chi connectivity index (χ3v) is 7.38. The van der Waals surface area contributed by atoms with Crippen molar-refractivity contribution >= 4 is 37.6 Å². The van der Waals surface area contributed by atoms with Crippen molar-refractivity contribution < 1.29 is 9.53 Å². The molecule has 2 nitrogen and oxygen atoms in total. The maximum Gasteiger partial charge on any atom is 0.163 e. The number of methoxy groups -OCH3 is 1. The lowest BCUT2D eigenvalue weighted by Gasteiger charge is -2.29. The van der Waals surface area contributed by atoms with Crippen LogP contribution in [-0.4, -0.2) is 12.9 Å². The second-order valence-corrected chi connectivity index (χ2v) is 9.06. The van der Waals surface area contributed by atoms with Gasteiger partial charge in [0.05, 0.1) is 0 Å². The highest BCUT2D eigenvalue weighted by Gasteiger charge is 2.41. The van der Waals surface area contributed by atoms with Crippen LogP contribution in [0.1, 0.15) is 45.5 Å². The maximum absolute atomic E-state index is 11.2. The highest BCUT2D eigenvalue weighted by Crippen LogP contribution is 2.46. The van der Waals surface area contributed by atoms with E-state index in [1.54, 1.807) is 0 Å². The molecule has 3 aromatic carbocycles. The first-order valence-electron chi connectivity index (χ1n) is 9.76. The number of ketones is 1. The Morgan fingerprint density at radius 2 is 1.48 bits per heavy atom. The van der Waals surface area contributed by atoms with E-state index >= 15 is 0 Å². The van der Waals surface area contributed by atoms with Gasteiger partial charge in [-0.15, -0.1) is 0 Å². The van der Waals surface area contributed by atoms with Crippen molar-refractivity contribution in [1.82, 2.24) is 0 Å². The first-order valence-corrected chi connectivity index (χ1v) is 11.3. The second kappa shape index (κ2) is 8.55. The van der Waals surface area contributed by atoms with Crippen molar-refractivity contribution in [3.8, 4) is 0 Å². The summed E-state index contributed by atoms with van der Waals surface area (Å²) in [6, 6.07) is 22.7. The van der Waals surface area contributed by atoms with Crippen LogP contribution >= 0.6 is 31.9 Å². The zero-order valence-corrected chi connectivity index (χ0v) is 19.4. The van der Waals surface area contributed by atoms with Crippen LogP contribution in [0.2, 0.25) is 0 Å². The molecule has 0 fully saturated rings. The summed E-state index contributed by atoms with van der Waals surface area (Å²) < 4.78 is 8.21. The van der Waals surface area contributed by atoms with Crippen LogP contribution in [0.4, 0.5) is 0 Å². The maximum atomic E-state index is 11.2. The van der Waals surface area contributed by atoms with Crippen LogP contribution in [0, 0.1) is 0 Å². The number of fused-ring (bicyclic) bond motifs is 2. The largest absolute Gasteiger partial charge is 0.369 e. The normalized spacial score (nSPS) is 19.3. The smallest absolute Gasteiger partial charge is 0.163 e. The van der Waals surface area contributed by atoms with E-state index in [1.165, 1.54) is 26.7 Å². The standard InChI is InChI=1S/C16H15BrO.C9H7BrO/c1-18-16(12-6-3-2-4-7-12)11-10-13-14(16)8-5-9-15(13)17;10-8-3-1-2-7-6(8)4-5-9(7)11/h2-9H,10-11H2,1H3;1-3H,4-5H2. The van der Waals surface area contributed by atoms with Gasteiger partial charge in [0.1, 0.15) is 5.60 Å². The number of hydrogen-bond acceptors (Lipinski definition) is 2. The molecular weight excluding hydrogens is 492 g/mol. The lowest BCUT2D eigenvalue weighted by molar-refractivity contribution is 0.0238. The Balaban J connectivity index is 0.000000159. The topological polar surface area (TPSA) is 26.3 Å². The molecule has 0 aliphatic heterocycles. The summed E-state index contributed by atoms with van der Waals surface area (Å²) in [4.78, 5) is 11.2. The number of hydrogen-bond donors (Lipinski definition) is 0. The molecular formula is C25H22Br2O2. The molecule has 2 aliphatic rings. The fraction of sp³-hybridized carbons (Fsp3) is 0.240. The molecule has 148 valence electrons. The van der Waals surface area contributed by atoms with Gasteiger partial charge >= 0.3 is 0 Å². The molecule has 0 saturated carbocycles. The van der Waals surface area contributed by atoms with Gasteiger partial charge in [-0.05, 0) is 53.6 Å². The summed E-state index contributed by atoms with van der Waals surface area (Å²) in [6.07, 6.45) is 3.64. The van der Waals surface area contributed by atoms with Crippen LogP contribution in [0.15, 0.2) is 75.7 Å². The van der Waals surface area contributed by atoms with E-state index in [0.29, 0.717) is 6.42 Å². The summed E-state index contributed by atoms with van der Waals surface area (Å²) in [5.74, 6) is 0.279. The highest BCUT2D eigenvalue weighted by atomic mass is 79.9. The number of halogens is 2. The summed E-state index contributed by atoms with van der Waals surface area (Å²) in [7, 11) is 1.81. The van der Waals surface area contributed by atoms with E-state index in [-0.39, 0.29) is 11.4 Å². The number of rotatable bonds is 2. The van der Waals surface area contributed by atoms with Gasteiger partial charge in [0, 0.05) is 28.0 Å². The van der Waals surface area contributed by atoms with Crippen molar-refractivity contribution in [2.24, 2.45) is 0 Å². The zero-order chi connectivity index (χ0) is 20.4.